The van der Waals surface area contributed by atoms with Gasteiger partial charge >= 0.3 is 6.01 Å². The maximum absolute atomic E-state index is 5.22. The van der Waals surface area contributed by atoms with E-state index in [2.05, 4.69) is 15.3 Å². The van der Waals surface area contributed by atoms with Crippen molar-refractivity contribution in [2.45, 2.75) is 32.4 Å². The highest BCUT2D eigenvalue weighted by molar-refractivity contribution is 5.05. The van der Waals surface area contributed by atoms with Crippen molar-refractivity contribution in [1.29, 1.82) is 0 Å². The summed E-state index contributed by atoms with van der Waals surface area (Å²) in [5.74, 6) is 0. The quantitative estimate of drug-likeness (QED) is 0.761. The molecule has 0 aliphatic heterocycles. The monoisotopic (exact) mass is 193 g/mol. The summed E-state index contributed by atoms with van der Waals surface area (Å²) in [6.45, 7) is 3.35. The Labute approximate surface area is 83.7 Å². The van der Waals surface area contributed by atoms with Crippen molar-refractivity contribution in [3.63, 3.8) is 0 Å². The highest BCUT2D eigenvalue weighted by Crippen LogP contribution is 2.19. The van der Waals surface area contributed by atoms with Crippen LogP contribution in [0.2, 0.25) is 0 Å². The van der Waals surface area contributed by atoms with E-state index in [1.54, 1.807) is 6.20 Å². The first-order valence-electron chi connectivity index (χ1n) is 5.06. The Kier molecular flexibility index (Phi) is 2.93. The third-order valence-electron chi connectivity index (χ3n) is 2.11. The summed E-state index contributed by atoms with van der Waals surface area (Å²) < 4.78 is 5.22. The van der Waals surface area contributed by atoms with Crippen molar-refractivity contribution in [3.05, 3.63) is 18.0 Å². The largest absolute Gasteiger partial charge is 0.464 e. The van der Waals surface area contributed by atoms with Crippen LogP contribution in [0.3, 0.4) is 0 Å². The molecule has 76 valence electrons. The van der Waals surface area contributed by atoms with Crippen LogP contribution in [0.1, 0.15) is 25.5 Å². The Morgan fingerprint density at radius 3 is 3.14 bits per heavy atom. The van der Waals surface area contributed by atoms with Crippen LogP contribution < -0.4 is 10.1 Å². The van der Waals surface area contributed by atoms with Crippen LogP contribution in [-0.4, -0.2) is 22.6 Å². The Morgan fingerprint density at radius 2 is 2.43 bits per heavy atom. The molecule has 14 heavy (non-hydrogen) atoms. The Balaban J connectivity index is 1.90. The van der Waals surface area contributed by atoms with Gasteiger partial charge in [-0.25, -0.2) is 4.98 Å². The smallest absolute Gasteiger partial charge is 0.316 e. The lowest BCUT2D eigenvalue weighted by atomic mass is 10.4. The molecule has 1 saturated carbocycles. The van der Waals surface area contributed by atoms with Crippen LogP contribution in [-0.2, 0) is 6.54 Å². The zero-order valence-corrected chi connectivity index (χ0v) is 8.36. The summed E-state index contributed by atoms with van der Waals surface area (Å²) in [5.41, 5.74) is 0.996. The average Bonchev–Trinajstić information content (AvgIpc) is 2.99. The summed E-state index contributed by atoms with van der Waals surface area (Å²) in [6, 6.07) is 3.10. The molecule has 0 saturated heterocycles. The summed E-state index contributed by atoms with van der Waals surface area (Å²) in [6.07, 6.45) is 4.33. The van der Waals surface area contributed by atoms with Crippen molar-refractivity contribution in [2.24, 2.45) is 0 Å². The molecule has 0 unspecified atom stereocenters. The topological polar surface area (TPSA) is 47.0 Å². The van der Waals surface area contributed by atoms with Gasteiger partial charge in [-0.15, -0.1) is 0 Å². The Hall–Kier alpha value is -1.16. The van der Waals surface area contributed by atoms with E-state index in [9.17, 15) is 0 Å². The second kappa shape index (κ2) is 4.37. The summed E-state index contributed by atoms with van der Waals surface area (Å²) in [4.78, 5) is 8.28. The minimum Gasteiger partial charge on any atom is -0.464 e. The third kappa shape index (κ3) is 2.67. The summed E-state index contributed by atoms with van der Waals surface area (Å²) in [7, 11) is 0. The van der Waals surface area contributed by atoms with E-state index in [1.807, 2.05) is 13.0 Å². The van der Waals surface area contributed by atoms with Crippen molar-refractivity contribution >= 4 is 0 Å². The molecular weight excluding hydrogens is 178 g/mol. The van der Waals surface area contributed by atoms with Crippen molar-refractivity contribution in [1.82, 2.24) is 15.3 Å². The predicted octanol–water partition coefficient (Wildman–Crippen LogP) is 1.13. The van der Waals surface area contributed by atoms with Gasteiger partial charge in [0.1, 0.15) is 0 Å². The molecule has 1 N–H and O–H groups in total. The number of ether oxygens (including phenoxy) is 1. The van der Waals surface area contributed by atoms with Crippen molar-refractivity contribution in [3.8, 4) is 6.01 Å². The van der Waals surface area contributed by atoms with Crippen molar-refractivity contribution in [2.75, 3.05) is 6.61 Å². The molecule has 4 heteroatoms. The van der Waals surface area contributed by atoms with Crippen molar-refractivity contribution < 1.29 is 4.74 Å². The zero-order valence-electron chi connectivity index (χ0n) is 8.36. The predicted molar refractivity (Wildman–Crippen MR) is 53.1 cm³/mol. The van der Waals surface area contributed by atoms with Gasteiger partial charge in [-0.1, -0.05) is 0 Å². The lowest BCUT2D eigenvalue weighted by Crippen LogP contribution is -2.16. The fourth-order valence-electron chi connectivity index (χ4n) is 1.21. The molecule has 0 aromatic carbocycles. The van der Waals surface area contributed by atoms with E-state index < -0.39 is 0 Å². The first-order chi connectivity index (χ1) is 6.88. The van der Waals surface area contributed by atoms with E-state index >= 15 is 0 Å². The van der Waals surface area contributed by atoms with Crippen LogP contribution in [0.15, 0.2) is 12.3 Å². The fraction of sp³-hybridized carbons (Fsp3) is 0.600. The first-order valence-corrected chi connectivity index (χ1v) is 5.06. The first kappa shape index (κ1) is 9.40. The van der Waals surface area contributed by atoms with Gasteiger partial charge in [0.05, 0.1) is 12.3 Å². The molecule has 1 heterocycles. The number of hydrogen-bond donors (Lipinski definition) is 1. The molecule has 1 fully saturated rings. The zero-order chi connectivity index (χ0) is 9.80. The van der Waals surface area contributed by atoms with Crippen LogP contribution in [0.4, 0.5) is 0 Å². The lowest BCUT2D eigenvalue weighted by molar-refractivity contribution is 0.311. The molecule has 2 rings (SSSR count). The van der Waals surface area contributed by atoms with Gasteiger partial charge in [-0.3, -0.25) is 0 Å². The highest BCUT2D eigenvalue weighted by atomic mass is 16.5. The molecule has 1 aliphatic carbocycles. The number of hydrogen-bond acceptors (Lipinski definition) is 4. The number of aromatic nitrogens is 2. The number of rotatable bonds is 5. The summed E-state index contributed by atoms with van der Waals surface area (Å²) >= 11 is 0. The minimum atomic E-state index is 0.475. The molecule has 0 radical (unpaired) electrons. The fourth-order valence-corrected chi connectivity index (χ4v) is 1.21. The van der Waals surface area contributed by atoms with Gasteiger partial charge in [0.25, 0.3) is 0 Å². The van der Waals surface area contributed by atoms with Crippen LogP contribution >= 0.6 is 0 Å². The molecular formula is C10H15N3O. The minimum absolute atomic E-state index is 0.475. The molecule has 0 atom stereocenters. The average molecular weight is 193 g/mol. The maximum atomic E-state index is 5.22. The van der Waals surface area contributed by atoms with Gasteiger partial charge < -0.3 is 10.1 Å². The highest BCUT2D eigenvalue weighted by Gasteiger charge is 2.20. The van der Waals surface area contributed by atoms with Crippen LogP contribution in [0.25, 0.3) is 0 Å². The van der Waals surface area contributed by atoms with Gasteiger partial charge in [-0.05, 0) is 25.8 Å². The van der Waals surface area contributed by atoms with Gasteiger partial charge in [-0.2, -0.15) is 4.98 Å². The SMILES string of the molecule is CCOc1nccc(CNC2CC2)n1. The molecule has 0 spiro atoms. The standard InChI is InChI=1S/C10H15N3O/c1-2-14-10-11-6-5-9(13-10)7-12-8-3-4-8/h5-6,8,12H,2-4,7H2,1H3. The molecule has 1 aromatic heterocycles. The molecule has 1 aromatic rings. The number of nitrogens with one attached hydrogen (secondary N) is 1. The van der Waals surface area contributed by atoms with Gasteiger partial charge in [0.2, 0.25) is 0 Å². The van der Waals surface area contributed by atoms with Gasteiger partial charge in [0, 0.05) is 18.8 Å². The Bertz CT molecular complexity index is 299. The van der Waals surface area contributed by atoms with Crippen LogP contribution in [0.5, 0.6) is 6.01 Å². The maximum Gasteiger partial charge on any atom is 0.316 e. The lowest BCUT2D eigenvalue weighted by Gasteiger charge is -2.04. The Morgan fingerprint density at radius 1 is 1.57 bits per heavy atom. The van der Waals surface area contributed by atoms with E-state index in [0.717, 1.165) is 12.2 Å². The molecule has 0 amide bonds. The van der Waals surface area contributed by atoms with E-state index in [1.165, 1.54) is 12.8 Å². The molecule has 0 bridgehead atoms. The number of nitrogens with zero attached hydrogens (tertiary/aromatic N) is 2. The van der Waals surface area contributed by atoms with E-state index in [4.69, 9.17) is 4.74 Å². The second-order valence-corrected chi connectivity index (χ2v) is 3.42. The van der Waals surface area contributed by atoms with E-state index in [-0.39, 0.29) is 0 Å². The molecule has 4 nitrogen and oxygen atoms in total. The third-order valence-corrected chi connectivity index (χ3v) is 2.11. The summed E-state index contributed by atoms with van der Waals surface area (Å²) in [5, 5.41) is 3.40. The second-order valence-electron chi connectivity index (χ2n) is 3.42. The normalized spacial score (nSPS) is 15.5. The van der Waals surface area contributed by atoms with Crippen LogP contribution in [0, 0.1) is 0 Å². The molecule has 1 aliphatic rings. The van der Waals surface area contributed by atoms with E-state index in [0.29, 0.717) is 18.7 Å². The van der Waals surface area contributed by atoms with Gasteiger partial charge in [0.15, 0.2) is 0 Å².